The van der Waals surface area contributed by atoms with E-state index in [0.29, 0.717) is 35.6 Å². The first-order valence-electron chi connectivity index (χ1n) is 11.4. The zero-order chi connectivity index (χ0) is 25.0. The molecule has 10 heteroatoms. The Morgan fingerprint density at radius 3 is 2.54 bits per heavy atom. The monoisotopic (exact) mass is 472 g/mol. The summed E-state index contributed by atoms with van der Waals surface area (Å²) in [6.07, 6.45) is 4.78. The van der Waals surface area contributed by atoms with Gasteiger partial charge in [-0.05, 0) is 44.5 Å². The van der Waals surface area contributed by atoms with Crippen LogP contribution in [0.3, 0.4) is 0 Å². The fourth-order valence-electron chi connectivity index (χ4n) is 3.69. The van der Waals surface area contributed by atoms with Gasteiger partial charge >= 0.3 is 0 Å². The van der Waals surface area contributed by atoms with E-state index in [4.69, 9.17) is 0 Å². The summed E-state index contributed by atoms with van der Waals surface area (Å²) in [5.74, 6) is 0.00406. The van der Waals surface area contributed by atoms with Crippen molar-refractivity contribution in [2.75, 3.05) is 31.5 Å². The van der Waals surface area contributed by atoms with E-state index in [9.17, 15) is 14.9 Å². The number of nitrogens with one attached hydrogen (secondary N) is 4. The normalized spacial score (nSPS) is 14.5. The van der Waals surface area contributed by atoms with Crippen LogP contribution in [0.5, 0.6) is 0 Å². The van der Waals surface area contributed by atoms with Crippen LogP contribution in [0.1, 0.15) is 36.7 Å². The summed E-state index contributed by atoms with van der Waals surface area (Å²) in [6, 6.07) is 9.31. The first kappa shape index (κ1) is 23.9. The van der Waals surface area contributed by atoms with Crippen molar-refractivity contribution in [1.82, 2.24) is 30.5 Å². The van der Waals surface area contributed by atoms with Crippen LogP contribution in [-0.4, -0.2) is 63.4 Å². The number of benzene rings is 1. The molecule has 0 bridgehead atoms. The van der Waals surface area contributed by atoms with E-state index in [1.165, 1.54) is 0 Å². The van der Waals surface area contributed by atoms with E-state index in [0.717, 1.165) is 24.3 Å². The number of amides is 2. The number of fused-ring (bicyclic) bond motifs is 1. The fourth-order valence-corrected chi connectivity index (χ4v) is 3.69. The van der Waals surface area contributed by atoms with E-state index in [-0.39, 0.29) is 22.9 Å². The van der Waals surface area contributed by atoms with Crippen molar-refractivity contribution in [3.8, 4) is 6.07 Å². The van der Waals surface area contributed by atoms with Crippen LogP contribution >= 0.6 is 0 Å². The van der Waals surface area contributed by atoms with Gasteiger partial charge in [-0.1, -0.05) is 12.1 Å². The molecule has 10 nitrogen and oxygen atoms in total. The van der Waals surface area contributed by atoms with E-state index in [2.05, 4.69) is 30.9 Å². The third kappa shape index (κ3) is 5.83. The maximum atomic E-state index is 12.6. The third-order valence-electron chi connectivity index (χ3n) is 5.36. The van der Waals surface area contributed by atoms with Gasteiger partial charge in [0.15, 0.2) is 5.65 Å². The van der Waals surface area contributed by atoms with Gasteiger partial charge in [0.25, 0.3) is 11.8 Å². The molecule has 0 radical (unpaired) electrons. The van der Waals surface area contributed by atoms with Crippen LogP contribution < -0.4 is 16.0 Å². The number of aromatic nitrogens is 3. The Morgan fingerprint density at radius 2 is 1.89 bits per heavy atom. The Hall–Kier alpha value is -4.23. The van der Waals surface area contributed by atoms with Gasteiger partial charge in [-0.25, -0.2) is 9.97 Å². The van der Waals surface area contributed by atoms with E-state index in [1.807, 2.05) is 51.1 Å². The van der Waals surface area contributed by atoms with Crippen LogP contribution in [0.2, 0.25) is 0 Å². The molecule has 180 valence electrons. The van der Waals surface area contributed by atoms with Crippen LogP contribution in [0.25, 0.3) is 17.2 Å². The van der Waals surface area contributed by atoms with Crippen LogP contribution in [0, 0.1) is 11.3 Å². The molecule has 1 aliphatic rings. The second-order valence-corrected chi connectivity index (χ2v) is 9.32. The zero-order valence-corrected chi connectivity index (χ0v) is 20.0. The van der Waals surface area contributed by atoms with Crippen molar-refractivity contribution in [1.29, 1.82) is 5.26 Å². The number of nitriles is 1. The highest BCUT2D eigenvalue weighted by Gasteiger charge is 2.21. The van der Waals surface area contributed by atoms with E-state index < -0.39 is 0 Å². The number of aromatic amines is 1. The van der Waals surface area contributed by atoms with Crippen molar-refractivity contribution in [3.05, 3.63) is 53.4 Å². The molecule has 0 spiro atoms. The van der Waals surface area contributed by atoms with Crippen molar-refractivity contribution >= 4 is 40.6 Å². The van der Waals surface area contributed by atoms with Gasteiger partial charge < -0.3 is 25.8 Å². The zero-order valence-electron chi connectivity index (χ0n) is 20.0. The summed E-state index contributed by atoms with van der Waals surface area (Å²) < 4.78 is 0. The molecule has 35 heavy (non-hydrogen) atoms. The largest absolute Gasteiger partial charge is 0.347 e. The summed E-state index contributed by atoms with van der Waals surface area (Å²) in [6.45, 7) is 8.38. The SMILES string of the molecule is CC(C)(C)NC(=O)c1c[nH]c2ncc(Nc3ccc(C=C(C#N)C(=O)N4CCNCC4)cc3)nc12. The molecule has 0 atom stereocenters. The Kier molecular flexibility index (Phi) is 6.80. The molecule has 1 saturated heterocycles. The van der Waals surface area contributed by atoms with Crippen LogP contribution in [-0.2, 0) is 4.79 Å². The van der Waals surface area contributed by atoms with E-state index >= 15 is 0 Å². The average Bonchev–Trinajstić information content (AvgIpc) is 3.26. The number of piperazine rings is 1. The summed E-state index contributed by atoms with van der Waals surface area (Å²) in [7, 11) is 0. The highest BCUT2D eigenvalue weighted by molar-refractivity contribution is 6.05. The second kappa shape index (κ2) is 9.95. The minimum absolute atomic E-state index is 0.109. The number of hydrogen-bond acceptors (Lipinski definition) is 7. The highest BCUT2D eigenvalue weighted by atomic mass is 16.2. The lowest BCUT2D eigenvalue weighted by Crippen LogP contribution is -2.46. The molecule has 1 fully saturated rings. The lowest BCUT2D eigenvalue weighted by molar-refractivity contribution is -0.127. The second-order valence-electron chi connectivity index (χ2n) is 9.32. The van der Waals surface area contributed by atoms with Crippen LogP contribution in [0.15, 0.2) is 42.2 Å². The number of carbonyl (C=O) groups excluding carboxylic acids is 2. The minimum atomic E-state index is -0.374. The lowest BCUT2D eigenvalue weighted by atomic mass is 10.1. The van der Waals surface area contributed by atoms with E-state index in [1.54, 1.807) is 23.4 Å². The Balaban J connectivity index is 1.49. The van der Waals surface area contributed by atoms with Crippen molar-refractivity contribution in [3.63, 3.8) is 0 Å². The molecule has 3 heterocycles. The third-order valence-corrected chi connectivity index (χ3v) is 5.36. The molecule has 2 amide bonds. The molecule has 1 aliphatic heterocycles. The molecular formula is C25H28N8O2. The predicted octanol–water partition coefficient (Wildman–Crippen LogP) is 2.57. The van der Waals surface area contributed by atoms with Crippen molar-refractivity contribution in [2.45, 2.75) is 26.3 Å². The standard InChI is InChI=1S/C25H28N8O2/c1-25(2,3)32-23(34)19-14-28-22-21(19)31-20(15-29-22)30-18-6-4-16(5-7-18)12-17(13-26)24(35)33-10-8-27-9-11-33/h4-7,12,14-15,27H,8-11H2,1-3H3,(H,28,29)(H,30,31)(H,32,34). The van der Waals surface area contributed by atoms with Crippen molar-refractivity contribution < 1.29 is 9.59 Å². The number of hydrogen-bond donors (Lipinski definition) is 4. The summed E-state index contributed by atoms with van der Waals surface area (Å²) in [5.41, 5.74) is 2.64. The predicted molar refractivity (Wildman–Crippen MR) is 134 cm³/mol. The molecular weight excluding hydrogens is 444 g/mol. The Bertz CT molecular complexity index is 1310. The van der Waals surface area contributed by atoms with Gasteiger partial charge in [-0.3, -0.25) is 9.59 Å². The number of H-pyrrole nitrogens is 1. The molecule has 0 unspecified atom stereocenters. The van der Waals surface area contributed by atoms with Gasteiger partial charge in [0.05, 0.1) is 11.8 Å². The maximum absolute atomic E-state index is 12.6. The highest BCUT2D eigenvalue weighted by Crippen LogP contribution is 2.21. The molecule has 0 saturated carbocycles. The van der Waals surface area contributed by atoms with Gasteiger partial charge in [0.1, 0.15) is 23.0 Å². The number of anilines is 2. The fraction of sp³-hybridized carbons (Fsp3) is 0.320. The van der Waals surface area contributed by atoms with Gasteiger partial charge in [-0.15, -0.1) is 0 Å². The quantitative estimate of drug-likeness (QED) is 0.331. The maximum Gasteiger partial charge on any atom is 0.264 e. The first-order valence-corrected chi connectivity index (χ1v) is 11.4. The molecule has 3 aromatic rings. The summed E-state index contributed by atoms with van der Waals surface area (Å²) in [4.78, 5) is 38.8. The Morgan fingerprint density at radius 1 is 1.17 bits per heavy atom. The number of rotatable bonds is 5. The lowest BCUT2D eigenvalue weighted by Gasteiger charge is -2.27. The number of carbonyl (C=O) groups is 2. The van der Waals surface area contributed by atoms with Crippen molar-refractivity contribution in [2.24, 2.45) is 0 Å². The van der Waals surface area contributed by atoms with Crippen LogP contribution in [0.4, 0.5) is 11.5 Å². The average molecular weight is 473 g/mol. The molecule has 4 N–H and O–H groups in total. The molecule has 2 aromatic heterocycles. The summed E-state index contributed by atoms with van der Waals surface area (Å²) in [5, 5.41) is 18.8. The summed E-state index contributed by atoms with van der Waals surface area (Å²) >= 11 is 0. The Labute approximate surface area is 203 Å². The van der Waals surface area contributed by atoms with Gasteiger partial charge in [0, 0.05) is 43.6 Å². The topological polar surface area (TPSA) is 139 Å². The van der Waals surface area contributed by atoms with Gasteiger partial charge in [0.2, 0.25) is 0 Å². The molecule has 0 aliphatic carbocycles. The minimum Gasteiger partial charge on any atom is -0.347 e. The smallest absolute Gasteiger partial charge is 0.264 e. The molecule has 1 aromatic carbocycles. The van der Waals surface area contributed by atoms with Gasteiger partial charge in [-0.2, -0.15) is 5.26 Å². The molecule has 4 rings (SSSR count). The number of nitrogens with zero attached hydrogens (tertiary/aromatic N) is 4. The first-order chi connectivity index (χ1) is 16.7.